The lowest BCUT2D eigenvalue weighted by molar-refractivity contribution is 0.0651. The van der Waals surface area contributed by atoms with E-state index < -0.39 is 0 Å². The van der Waals surface area contributed by atoms with Crippen LogP contribution < -0.4 is 18.9 Å². The molecule has 0 aromatic heterocycles. The second-order valence-electron chi connectivity index (χ2n) is 7.17. The van der Waals surface area contributed by atoms with Gasteiger partial charge in [0.25, 0.3) is 5.91 Å². The number of aryl methyl sites for hydroxylation is 1. The number of carbonyl (C=O) groups excluding carboxylic acids is 1. The van der Waals surface area contributed by atoms with E-state index >= 15 is 0 Å². The predicted molar refractivity (Wildman–Crippen MR) is 91.0 cm³/mol. The van der Waals surface area contributed by atoms with Gasteiger partial charge in [-0.3, -0.25) is 4.79 Å². The van der Waals surface area contributed by atoms with Crippen molar-refractivity contribution in [3.8, 4) is 23.0 Å². The maximum Gasteiger partial charge on any atom is 0.258 e. The molecule has 6 heteroatoms. The summed E-state index contributed by atoms with van der Waals surface area (Å²) in [6, 6.07) is 8.07. The molecule has 6 rings (SSSR count). The third-order valence-electron chi connectivity index (χ3n) is 5.98. The topological polar surface area (TPSA) is 57.2 Å². The second-order valence-corrected chi connectivity index (χ2v) is 7.17. The number of ether oxygens (including phenoxy) is 4. The summed E-state index contributed by atoms with van der Waals surface area (Å²) in [6.07, 6.45) is 1.92. The van der Waals surface area contributed by atoms with Gasteiger partial charge in [-0.25, -0.2) is 0 Å². The van der Waals surface area contributed by atoms with E-state index in [1.165, 1.54) is 5.56 Å². The van der Waals surface area contributed by atoms with E-state index in [0.717, 1.165) is 35.5 Å². The Hall–Kier alpha value is -2.89. The largest absolute Gasteiger partial charge is 0.454 e. The highest BCUT2D eigenvalue weighted by Crippen LogP contribution is 2.53. The zero-order valence-electron chi connectivity index (χ0n) is 14.3. The van der Waals surface area contributed by atoms with Gasteiger partial charge < -0.3 is 23.8 Å². The van der Waals surface area contributed by atoms with Crippen LogP contribution in [0.3, 0.4) is 0 Å². The van der Waals surface area contributed by atoms with Crippen molar-refractivity contribution in [3.05, 3.63) is 46.5 Å². The van der Waals surface area contributed by atoms with Gasteiger partial charge in [-0.1, -0.05) is 6.07 Å². The average molecular weight is 351 g/mol. The Morgan fingerprint density at radius 3 is 2.62 bits per heavy atom. The minimum Gasteiger partial charge on any atom is -0.454 e. The van der Waals surface area contributed by atoms with E-state index in [1.54, 1.807) is 0 Å². The molecule has 1 aliphatic carbocycles. The van der Waals surface area contributed by atoms with Crippen LogP contribution >= 0.6 is 0 Å². The summed E-state index contributed by atoms with van der Waals surface area (Å²) in [4.78, 5) is 15.1. The van der Waals surface area contributed by atoms with Crippen molar-refractivity contribution >= 4 is 5.91 Å². The molecule has 3 heterocycles. The molecule has 1 amide bonds. The van der Waals surface area contributed by atoms with Gasteiger partial charge in [-0.05, 0) is 47.7 Å². The van der Waals surface area contributed by atoms with E-state index in [2.05, 4.69) is 12.1 Å². The number of hydrogen-bond donors (Lipinski definition) is 0. The molecule has 2 aromatic carbocycles. The molecule has 4 aliphatic rings. The Kier molecular flexibility index (Phi) is 2.66. The van der Waals surface area contributed by atoms with Crippen LogP contribution in [0.25, 0.3) is 0 Å². The third-order valence-corrected chi connectivity index (χ3v) is 5.98. The second kappa shape index (κ2) is 4.84. The summed E-state index contributed by atoms with van der Waals surface area (Å²) in [5, 5.41) is 0. The zero-order chi connectivity index (χ0) is 17.4. The van der Waals surface area contributed by atoms with Crippen LogP contribution in [0.1, 0.15) is 45.4 Å². The van der Waals surface area contributed by atoms with Gasteiger partial charge in [0.15, 0.2) is 23.0 Å². The molecule has 0 spiro atoms. The van der Waals surface area contributed by atoms with Crippen molar-refractivity contribution in [2.75, 3.05) is 20.6 Å². The van der Waals surface area contributed by atoms with Gasteiger partial charge in [0.1, 0.15) is 0 Å². The molecule has 0 radical (unpaired) electrons. The third kappa shape index (κ3) is 1.69. The van der Waals surface area contributed by atoms with Crippen LogP contribution in [0.4, 0.5) is 0 Å². The van der Waals surface area contributed by atoms with Crippen LogP contribution in [-0.2, 0) is 6.42 Å². The summed E-state index contributed by atoms with van der Waals surface area (Å²) in [7, 11) is 1.87. The molecule has 132 valence electrons. The number of likely N-dealkylation sites (N-methyl/N-ethyl adjacent to an activating group) is 1. The quantitative estimate of drug-likeness (QED) is 0.730. The molecule has 0 bridgehead atoms. The number of amides is 1. The lowest BCUT2D eigenvalue weighted by Crippen LogP contribution is -2.42. The van der Waals surface area contributed by atoms with Crippen molar-refractivity contribution in [2.24, 2.45) is 0 Å². The van der Waals surface area contributed by atoms with Crippen LogP contribution in [-0.4, -0.2) is 31.4 Å². The molecule has 2 aromatic rings. The Bertz CT molecular complexity index is 969. The Morgan fingerprint density at radius 1 is 0.962 bits per heavy atom. The lowest BCUT2D eigenvalue weighted by Gasteiger charge is -2.44. The number of carbonyl (C=O) groups is 1. The standard InChI is InChI=1S/C20H17NO5/c1-21-18-12(3-2-10-6-15-16(7-13(10)18)25-8-24-15)11-4-5-14-19(26-9-23-14)17(11)20(21)22/h4-7,12,18H,2-3,8-9H2,1H3/t12-,18+/m1/s1. The van der Waals surface area contributed by atoms with Crippen molar-refractivity contribution in [3.63, 3.8) is 0 Å². The summed E-state index contributed by atoms with van der Waals surface area (Å²) >= 11 is 0. The van der Waals surface area contributed by atoms with Gasteiger partial charge in [0.05, 0.1) is 11.6 Å². The molecule has 2 atom stereocenters. The van der Waals surface area contributed by atoms with E-state index in [4.69, 9.17) is 18.9 Å². The number of fused-ring (bicyclic) bond motifs is 8. The maximum atomic E-state index is 13.2. The fourth-order valence-electron chi connectivity index (χ4n) is 4.80. The highest BCUT2D eigenvalue weighted by atomic mass is 16.7. The van der Waals surface area contributed by atoms with Gasteiger partial charge in [0.2, 0.25) is 13.6 Å². The van der Waals surface area contributed by atoms with Crippen LogP contribution in [0.5, 0.6) is 23.0 Å². The predicted octanol–water partition coefficient (Wildman–Crippen LogP) is 3.00. The molecule has 3 aliphatic heterocycles. The normalized spacial score (nSPS) is 24.2. The SMILES string of the molecule is CN1C(=O)c2c(ccc3c2OCO3)[C@H]2CCc3cc4c(cc3[C@H]21)OCO4. The smallest absolute Gasteiger partial charge is 0.258 e. The number of rotatable bonds is 0. The molecule has 6 nitrogen and oxygen atoms in total. The molecular weight excluding hydrogens is 334 g/mol. The first-order valence-corrected chi connectivity index (χ1v) is 8.84. The maximum absolute atomic E-state index is 13.2. The van der Waals surface area contributed by atoms with Gasteiger partial charge >= 0.3 is 0 Å². The van der Waals surface area contributed by atoms with Crippen LogP contribution in [0.2, 0.25) is 0 Å². The van der Waals surface area contributed by atoms with E-state index in [1.807, 2.05) is 24.1 Å². The lowest BCUT2D eigenvalue weighted by atomic mass is 9.72. The van der Waals surface area contributed by atoms with Gasteiger partial charge in [-0.15, -0.1) is 0 Å². The van der Waals surface area contributed by atoms with Crippen molar-refractivity contribution in [1.82, 2.24) is 4.90 Å². The van der Waals surface area contributed by atoms with E-state index in [-0.39, 0.29) is 31.5 Å². The Labute approximate surface area is 150 Å². The monoisotopic (exact) mass is 351 g/mol. The van der Waals surface area contributed by atoms with Gasteiger partial charge in [0, 0.05) is 13.0 Å². The summed E-state index contributed by atoms with van der Waals surface area (Å²) in [5.41, 5.74) is 4.11. The minimum atomic E-state index is -0.0193. The van der Waals surface area contributed by atoms with E-state index in [0.29, 0.717) is 17.1 Å². The molecule has 0 unspecified atom stereocenters. The first kappa shape index (κ1) is 14.3. The molecule has 0 fully saturated rings. The summed E-state index contributed by atoms with van der Waals surface area (Å²) in [6.45, 7) is 0.427. The molecular formula is C20H17NO5. The van der Waals surface area contributed by atoms with Crippen LogP contribution in [0.15, 0.2) is 24.3 Å². The average Bonchev–Trinajstić information content (AvgIpc) is 3.31. The summed E-state index contributed by atoms with van der Waals surface area (Å²) < 4.78 is 22.2. The zero-order valence-corrected chi connectivity index (χ0v) is 14.3. The summed E-state index contributed by atoms with van der Waals surface area (Å²) in [5.74, 6) is 3.03. The molecule has 0 saturated carbocycles. The first-order chi connectivity index (χ1) is 12.7. The molecule has 0 saturated heterocycles. The number of benzene rings is 2. The van der Waals surface area contributed by atoms with E-state index in [9.17, 15) is 4.79 Å². The van der Waals surface area contributed by atoms with Crippen molar-refractivity contribution < 1.29 is 23.7 Å². The highest BCUT2D eigenvalue weighted by molar-refractivity contribution is 6.01. The fourth-order valence-corrected chi connectivity index (χ4v) is 4.80. The van der Waals surface area contributed by atoms with Crippen molar-refractivity contribution in [2.45, 2.75) is 24.8 Å². The minimum absolute atomic E-state index is 0.00591. The number of hydrogen-bond acceptors (Lipinski definition) is 5. The first-order valence-electron chi connectivity index (χ1n) is 8.84. The Morgan fingerprint density at radius 2 is 1.73 bits per heavy atom. The molecule has 26 heavy (non-hydrogen) atoms. The van der Waals surface area contributed by atoms with Crippen molar-refractivity contribution in [1.29, 1.82) is 0 Å². The highest BCUT2D eigenvalue weighted by Gasteiger charge is 2.45. The van der Waals surface area contributed by atoms with Gasteiger partial charge in [-0.2, -0.15) is 0 Å². The Balaban J connectivity index is 1.54. The molecule has 0 N–H and O–H groups in total. The number of nitrogens with zero attached hydrogens (tertiary/aromatic N) is 1. The fraction of sp³-hybridized carbons (Fsp3) is 0.350. The van der Waals surface area contributed by atoms with Crippen LogP contribution in [0, 0.1) is 0 Å².